The Morgan fingerprint density at radius 2 is 1.67 bits per heavy atom. The van der Waals surface area contributed by atoms with E-state index >= 15 is 0 Å². The van der Waals surface area contributed by atoms with Crippen LogP contribution in [0.3, 0.4) is 0 Å². The first kappa shape index (κ1) is 19.9. The summed E-state index contributed by atoms with van der Waals surface area (Å²) in [6, 6.07) is 12.2. The van der Waals surface area contributed by atoms with Gasteiger partial charge in [-0.3, -0.25) is 4.79 Å². The summed E-state index contributed by atoms with van der Waals surface area (Å²) in [6.07, 6.45) is 0. The van der Waals surface area contributed by atoms with Crippen molar-refractivity contribution in [2.45, 2.75) is 11.8 Å². The van der Waals surface area contributed by atoms with Crippen molar-refractivity contribution < 1.29 is 17.9 Å². The molecule has 0 aromatic heterocycles. The van der Waals surface area contributed by atoms with Crippen LogP contribution in [0.1, 0.15) is 17.3 Å². The number of hydrogen-bond acceptors (Lipinski definition) is 5. The number of Topliss-reactive ketones (excluding diaryl/α,β-unsaturated/α-hetero) is 1. The molecule has 2 aromatic carbocycles. The summed E-state index contributed by atoms with van der Waals surface area (Å²) in [5.41, 5.74) is 1.66. The van der Waals surface area contributed by atoms with Crippen molar-refractivity contribution >= 4 is 37.4 Å². The van der Waals surface area contributed by atoms with E-state index in [0.717, 1.165) is 5.69 Å². The highest BCUT2D eigenvalue weighted by Crippen LogP contribution is 2.29. The first-order valence-electron chi connectivity index (χ1n) is 8.52. The highest BCUT2D eigenvalue weighted by Gasteiger charge is 2.29. The quantitative estimate of drug-likeness (QED) is 0.651. The summed E-state index contributed by atoms with van der Waals surface area (Å²) >= 11 is 3.34. The predicted molar refractivity (Wildman–Crippen MR) is 108 cm³/mol. The molecule has 1 aliphatic rings. The number of halogens is 1. The van der Waals surface area contributed by atoms with Crippen molar-refractivity contribution in [1.82, 2.24) is 4.31 Å². The summed E-state index contributed by atoms with van der Waals surface area (Å²) in [5, 5.41) is 0. The summed E-state index contributed by atoms with van der Waals surface area (Å²) in [6.45, 7) is 3.53. The van der Waals surface area contributed by atoms with E-state index in [1.807, 2.05) is 12.1 Å². The molecule has 1 fully saturated rings. The highest BCUT2D eigenvalue weighted by molar-refractivity contribution is 9.10. The molecule has 1 saturated heterocycles. The number of anilines is 1. The molecular formula is C19H21BrN2O4S. The number of carbonyl (C=O) groups is 1. The number of benzene rings is 2. The first-order valence-corrected chi connectivity index (χ1v) is 10.8. The van der Waals surface area contributed by atoms with Gasteiger partial charge in [0.1, 0.15) is 5.75 Å². The molecule has 0 amide bonds. The number of methoxy groups -OCH3 is 1. The fraction of sp³-hybridized carbons (Fsp3) is 0.316. The van der Waals surface area contributed by atoms with Crippen molar-refractivity contribution in [2.24, 2.45) is 0 Å². The van der Waals surface area contributed by atoms with E-state index in [9.17, 15) is 13.2 Å². The van der Waals surface area contributed by atoms with Crippen LogP contribution in [0, 0.1) is 0 Å². The molecule has 0 N–H and O–H groups in total. The van der Waals surface area contributed by atoms with E-state index in [1.165, 1.54) is 18.3 Å². The van der Waals surface area contributed by atoms with E-state index in [2.05, 4.69) is 20.8 Å². The molecule has 0 unspecified atom stereocenters. The molecule has 0 atom stereocenters. The van der Waals surface area contributed by atoms with Gasteiger partial charge in [-0.1, -0.05) is 0 Å². The maximum Gasteiger partial charge on any atom is 0.243 e. The van der Waals surface area contributed by atoms with Gasteiger partial charge >= 0.3 is 0 Å². The van der Waals surface area contributed by atoms with Gasteiger partial charge in [0.2, 0.25) is 10.0 Å². The van der Waals surface area contributed by atoms with Crippen LogP contribution in [0.5, 0.6) is 5.75 Å². The topological polar surface area (TPSA) is 66.9 Å². The van der Waals surface area contributed by atoms with Crippen LogP contribution in [0.2, 0.25) is 0 Å². The molecule has 1 heterocycles. The van der Waals surface area contributed by atoms with Gasteiger partial charge in [-0.15, -0.1) is 0 Å². The number of nitrogens with zero attached hydrogens (tertiary/aromatic N) is 2. The number of ketones is 1. The molecule has 2 aromatic rings. The lowest BCUT2D eigenvalue weighted by atomic mass is 10.1. The second-order valence-electron chi connectivity index (χ2n) is 6.29. The van der Waals surface area contributed by atoms with Gasteiger partial charge in [0.25, 0.3) is 0 Å². The Bertz CT molecular complexity index is 937. The molecular weight excluding hydrogens is 432 g/mol. The third-order valence-corrected chi connectivity index (χ3v) is 7.15. The lowest BCUT2D eigenvalue weighted by molar-refractivity contribution is 0.101. The minimum absolute atomic E-state index is 0.0307. The molecule has 0 aliphatic carbocycles. The second-order valence-corrected chi connectivity index (χ2v) is 9.08. The zero-order valence-corrected chi connectivity index (χ0v) is 17.6. The second kappa shape index (κ2) is 8.00. The van der Waals surface area contributed by atoms with Gasteiger partial charge in [-0.25, -0.2) is 8.42 Å². The average molecular weight is 453 g/mol. The number of hydrogen-bond donors (Lipinski definition) is 0. The number of ether oxygens (including phenoxy) is 1. The van der Waals surface area contributed by atoms with Crippen LogP contribution >= 0.6 is 15.9 Å². The summed E-state index contributed by atoms with van der Waals surface area (Å²) < 4.78 is 33.1. The Hall–Kier alpha value is -1.90. The molecule has 0 spiro atoms. The third-order valence-electron chi connectivity index (χ3n) is 4.64. The van der Waals surface area contributed by atoms with Crippen LogP contribution in [-0.4, -0.2) is 51.8 Å². The minimum atomic E-state index is -3.56. The minimum Gasteiger partial charge on any atom is -0.496 e. The molecule has 1 aliphatic heterocycles. The zero-order chi connectivity index (χ0) is 19.6. The molecule has 0 saturated carbocycles. The van der Waals surface area contributed by atoms with E-state index in [4.69, 9.17) is 4.74 Å². The Labute approximate surface area is 167 Å². The van der Waals surface area contributed by atoms with Crippen molar-refractivity contribution in [3.63, 3.8) is 0 Å². The van der Waals surface area contributed by atoms with Gasteiger partial charge in [-0.2, -0.15) is 4.31 Å². The van der Waals surface area contributed by atoms with Gasteiger partial charge in [-0.05, 0) is 65.3 Å². The summed E-state index contributed by atoms with van der Waals surface area (Å²) in [5.74, 6) is 0.621. The van der Waals surface area contributed by atoms with Gasteiger partial charge in [0, 0.05) is 37.4 Å². The molecule has 0 bridgehead atoms. The molecule has 8 heteroatoms. The fourth-order valence-electron chi connectivity index (χ4n) is 3.05. The SMILES string of the molecule is COc1ccc(S(=O)(=O)N2CCN(c3ccc(C(C)=O)cc3)CC2)cc1Br. The summed E-state index contributed by atoms with van der Waals surface area (Å²) in [7, 11) is -2.02. The smallest absolute Gasteiger partial charge is 0.243 e. The largest absolute Gasteiger partial charge is 0.496 e. The number of rotatable bonds is 5. The lowest BCUT2D eigenvalue weighted by Crippen LogP contribution is -2.48. The Kier molecular flexibility index (Phi) is 5.88. The maximum absolute atomic E-state index is 12.9. The standard InChI is InChI=1S/C19H21BrN2O4S/c1-14(23)15-3-5-16(6-4-15)21-9-11-22(12-10-21)27(24,25)17-7-8-19(26-2)18(20)13-17/h3-8,13H,9-12H2,1-2H3. The zero-order valence-electron chi connectivity index (χ0n) is 15.2. The Morgan fingerprint density at radius 3 is 2.19 bits per heavy atom. The molecule has 6 nitrogen and oxygen atoms in total. The van der Waals surface area contributed by atoms with Gasteiger partial charge < -0.3 is 9.64 Å². The highest BCUT2D eigenvalue weighted by atomic mass is 79.9. The average Bonchev–Trinajstić information content (AvgIpc) is 2.68. The van der Waals surface area contributed by atoms with Crippen LogP contribution in [0.15, 0.2) is 51.8 Å². The molecule has 27 heavy (non-hydrogen) atoms. The van der Waals surface area contributed by atoms with Crippen molar-refractivity contribution in [3.05, 3.63) is 52.5 Å². The number of piperazine rings is 1. The monoisotopic (exact) mass is 452 g/mol. The van der Waals surface area contributed by atoms with Crippen LogP contribution in [0.25, 0.3) is 0 Å². The van der Waals surface area contributed by atoms with Crippen LogP contribution in [0.4, 0.5) is 5.69 Å². The predicted octanol–water partition coefficient (Wildman–Crippen LogP) is 3.17. The summed E-state index contributed by atoms with van der Waals surface area (Å²) in [4.78, 5) is 13.8. The van der Waals surface area contributed by atoms with E-state index < -0.39 is 10.0 Å². The first-order chi connectivity index (χ1) is 12.8. The molecule has 3 rings (SSSR count). The number of sulfonamides is 1. The van der Waals surface area contributed by atoms with Crippen LogP contribution in [-0.2, 0) is 10.0 Å². The van der Waals surface area contributed by atoms with Crippen molar-refractivity contribution in [2.75, 3.05) is 38.2 Å². The maximum atomic E-state index is 12.9. The third kappa shape index (κ3) is 4.17. The Morgan fingerprint density at radius 1 is 1.04 bits per heavy atom. The van der Waals surface area contributed by atoms with E-state index in [1.54, 1.807) is 30.3 Å². The van der Waals surface area contributed by atoms with Crippen molar-refractivity contribution in [1.29, 1.82) is 0 Å². The lowest BCUT2D eigenvalue weighted by Gasteiger charge is -2.35. The van der Waals surface area contributed by atoms with Gasteiger partial charge in [0.15, 0.2) is 5.78 Å². The molecule has 144 valence electrons. The number of carbonyl (C=O) groups excluding carboxylic acids is 1. The van der Waals surface area contributed by atoms with Crippen molar-refractivity contribution in [3.8, 4) is 5.75 Å². The van der Waals surface area contributed by atoms with E-state index in [-0.39, 0.29) is 10.7 Å². The fourth-order valence-corrected chi connectivity index (χ4v) is 5.19. The molecule has 0 radical (unpaired) electrons. The van der Waals surface area contributed by atoms with Crippen LogP contribution < -0.4 is 9.64 Å². The van der Waals surface area contributed by atoms with E-state index in [0.29, 0.717) is 42.0 Å². The normalized spacial score (nSPS) is 15.6. The van der Waals surface area contributed by atoms with Gasteiger partial charge in [0.05, 0.1) is 16.5 Å². The Balaban J connectivity index is 1.71.